The van der Waals surface area contributed by atoms with E-state index in [1.807, 2.05) is 12.1 Å². The fourth-order valence-corrected chi connectivity index (χ4v) is 2.03. The summed E-state index contributed by atoms with van der Waals surface area (Å²) in [5.74, 6) is 2.21. The Balaban J connectivity index is 2.17. The van der Waals surface area contributed by atoms with Gasteiger partial charge in [0.15, 0.2) is 0 Å². The average Bonchev–Trinajstić information content (AvgIpc) is 2.32. The van der Waals surface area contributed by atoms with Crippen LogP contribution in [0.25, 0.3) is 0 Å². The second-order valence-corrected chi connectivity index (χ2v) is 4.75. The summed E-state index contributed by atoms with van der Waals surface area (Å²) in [6, 6.07) is 7.18. The third-order valence-corrected chi connectivity index (χ3v) is 3.12. The molecule has 0 amide bonds. The second-order valence-electron chi connectivity index (χ2n) is 3.61. The summed E-state index contributed by atoms with van der Waals surface area (Å²) >= 11 is 1.64. The monoisotopic (exact) mass is 257 g/mol. The standard InChI is InChI=1S/C12H19NO3S/c1-15-5-6-17-9-11(14)8-16-12-4-2-3-10(13)7-12/h2-4,7,11,14H,5-6,8-9,13H2,1H3. The normalized spacial score (nSPS) is 12.4. The molecule has 0 bridgehead atoms. The van der Waals surface area contributed by atoms with Gasteiger partial charge in [0, 0.05) is 30.4 Å². The predicted molar refractivity (Wildman–Crippen MR) is 71.6 cm³/mol. The molecule has 0 saturated carbocycles. The van der Waals surface area contributed by atoms with Crippen LogP contribution < -0.4 is 10.5 Å². The van der Waals surface area contributed by atoms with E-state index in [1.165, 1.54) is 0 Å². The van der Waals surface area contributed by atoms with Gasteiger partial charge in [0.1, 0.15) is 12.4 Å². The molecule has 0 spiro atoms. The van der Waals surface area contributed by atoms with Gasteiger partial charge in [-0.05, 0) is 12.1 Å². The van der Waals surface area contributed by atoms with Gasteiger partial charge >= 0.3 is 0 Å². The van der Waals surface area contributed by atoms with Crippen molar-refractivity contribution in [2.75, 3.05) is 37.6 Å². The zero-order valence-corrected chi connectivity index (χ0v) is 10.8. The molecule has 1 aromatic carbocycles. The number of methoxy groups -OCH3 is 1. The molecule has 0 aliphatic heterocycles. The molecule has 0 aromatic heterocycles. The van der Waals surface area contributed by atoms with Gasteiger partial charge in [-0.15, -0.1) is 0 Å². The third kappa shape index (κ3) is 6.41. The summed E-state index contributed by atoms with van der Waals surface area (Å²) in [5, 5.41) is 9.66. The summed E-state index contributed by atoms with van der Waals surface area (Å²) < 4.78 is 10.3. The zero-order chi connectivity index (χ0) is 12.5. The maximum absolute atomic E-state index is 9.66. The number of aliphatic hydroxyl groups excluding tert-OH is 1. The number of nitrogens with two attached hydrogens (primary N) is 1. The largest absolute Gasteiger partial charge is 0.491 e. The summed E-state index contributed by atoms with van der Waals surface area (Å²) in [6.45, 7) is 0.983. The average molecular weight is 257 g/mol. The number of thioether (sulfide) groups is 1. The lowest BCUT2D eigenvalue weighted by Crippen LogP contribution is -2.20. The molecule has 3 N–H and O–H groups in total. The van der Waals surface area contributed by atoms with Crippen LogP contribution in [0.5, 0.6) is 5.75 Å². The maximum Gasteiger partial charge on any atom is 0.121 e. The lowest BCUT2D eigenvalue weighted by Gasteiger charge is -2.12. The van der Waals surface area contributed by atoms with Crippen molar-refractivity contribution in [3.05, 3.63) is 24.3 Å². The van der Waals surface area contributed by atoms with Gasteiger partial charge < -0.3 is 20.3 Å². The Morgan fingerprint density at radius 2 is 2.29 bits per heavy atom. The minimum absolute atomic E-state index is 0.281. The number of hydrogen-bond donors (Lipinski definition) is 2. The van der Waals surface area contributed by atoms with E-state index < -0.39 is 6.10 Å². The molecule has 1 atom stereocenters. The van der Waals surface area contributed by atoms with Crippen LogP contribution in [0.2, 0.25) is 0 Å². The van der Waals surface area contributed by atoms with E-state index in [1.54, 1.807) is 31.0 Å². The number of rotatable bonds is 8. The summed E-state index contributed by atoms with van der Waals surface area (Å²) in [6.07, 6.45) is -0.474. The van der Waals surface area contributed by atoms with Gasteiger partial charge in [0.2, 0.25) is 0 Å². The highest BCUT2D eigenvalue weighted by atomic mass is 32.2. The van der Waals surface area contributed by atoms with Crippen LogP contribution in [0.1, 0.15) is 0 Å². The molecule has 96 valence electrons. The second kappa shape index (κ2) is 8.22. The van der Waals surface area contributed by atoms with E-state index >= 15 is 0 Å². The Labute approximate surface area is 106 Å². The number of hydrogen-bond acceptors (Lipinski definition) is 5. The molecule has 0 radical (unpaired) electrons. The molecular weight excluding hydrogens is 238 g/mol. The van der Waals surface area contributed by atoms with Crippen molar-refractivity contribution in [1.29, 1.82) is 0 Å². The highest BCUT2D eigenvalue weighted by Crippen LogP contribution is 2.15. The molecule has 1 rings (SSSR count). The fraction of sp³-hybridized carbons (Fsp3) is 0.500. The first-order valence-electron chi connectivity index (χ1n) is 5.45. The van der Waals surface area contributed by atoms with Crippen molar-refractivity contribution in [3.8, 4) is 5.75 Å². The third-order valence-electron chi connectivity index (χ3n) is 2.04. The van der Waals surface area contributed by atoms with E-state index in [0.717, 1.165) is 5.75 Å². The lowest BCUT2D eigenvalue weighted by atomic mass is 10.3. The number of nitrogen functional groups attached to an aromatic ring is 1. The summed E-state index contributed by atoms with van der Waals surface area (Å²) in [4.78, 5) is 0. The minimum Gasteiger partial charge on any atom is -0.491 e. The minimum atomic E-state index is -0.474. The van der Waals surface area contributed by atoms with Gasteiger partial charge in [0.05, 0.1) is 12.7 Å². The molecule has 4 nitrogen and oxygen atoms in total. The topological polar surface area (TPSA) is 64.7 Å². The van der Waals surface area contributed by atoms with Crippen molar-refractivity contribution in [1.82, 2.24) is 0 Å². The van der Waals surface area contributed by atoms with Crippen molar-refractivity contribution < 1.29 is 14.6 Å². The Hall–Kier alpha value is -0.910. The zero-order valence-electron chi connectivity index (χ0n) is 9.96. The van der Waals surface area contributed by atoms with Crippen LogP contribution in [0.3, 0.4) is 0 Å². The van der Waals surface area contributed by atoms with Crippen LogP contribution in [0.15, 0.2) is 24.3 Å². The molecule has 1 unspecified atom stereocenters. The Morgan fingerprint density at radius 1 is 1.47 bits per heavy atom. The number of aliphatic hydroxyl groups is 1. The molecule has 0 fully saturated rings. The highest BCUT2D eigenvalue weighted by Gasteiger charge is 2.05. The number of anilines is 1. The first-order valence-corrected chi connectivity index (χ1v) is 6.61. The molecule has 0 aliphatic carbocycles. The maximum atomic E-state index is 9.66. The van der Waals surface area contributed by atoms with Crippen molar-refractivity contribution in [2.24, 2.45) is 0 Å². The Bertz CT molecular complexity index is 322. The summed E-state index contributed by atoms with van der Waals surface area (Å²) in [5.41, 5.74) is 6.28. The SMILES string of the molecule is COCCSCC(O)COc1cccc(N)c1. The number of ether oxygens (including phenoxy) is 2. The molecule has 0 heterocycles. The molecule has 1 aromatic rings. The Morgan fingerprint density at radius 3 is 3.00 bits per heavy atom. The van der Waals surface area contributed by atoms with Crippen LogP contribution in [-0.4, -0.2) is 43.0 Å². The quantitative estimate of drug-likeness (QED) is 0.544. The molecule has 17 heavy (non-hydrogen) atoms. The van der Waals surface area contributed by atoms with E-state index in [2.05, 4.69) is 0 Å². The highest BCUT2D eigenvalue weighted by molar-refractivity contribution is 7.99. The first kappa shape index (κ1) is 14.2. The number of benzene rings is 1. The molecule has 0 saturated heterocycles. The summed E-state index contributed by atoms with van der Waals surface area (Å²) in [7, 11) is 1.67. The van der Waals surface area contributed by atoms with E-state index in [4.69, 9.17) is 15.2 Å². The molecule has 5 heteroatoms. The van der Waals surface area contributed by atoms with Crippen molar-refractivity contribution in [3.63, 3.8) is 0 Å². The molecular formula is C12H19NO3S. The van der Waals surface area contributed by atoms with Gasteiger partial charge in [-0.3, -0.25) is 0 Å². The first-order chi connectivity index (χ1) is 8.22. The van der Waals surface area contributed by atoms with E-state index in [-0.39, 0.29) is 6.61 Å². The van der Waals surface area contributed by atoms with Crippen LogP contribution in [0, 0.1) is 0 Å². The smallest absolute Gasteiger partial charge is 0.121 e. The van der Waals surface area contributed by atoms with Crippen LogP contribution in [-0.2, 0) is 4.74 Å². The Kier molecular flexibility index (Phi) is 6.84. The lowest BCUT2D eigenvalue weighted by molar-refractivity contribution is 0.126. The molecule has 0 aliphatic rings. The fourth-order valence-electron chi connectivity index (χ4n) is 1.21. The van der Waals surface area contributed by atoms with Crippen molar-refractivity contribution >= 4 is 17.4 Å². The van der Waals surface area contributed by atoms with Gasteiger partial charge in [-0.2, -0.15) is 11.8 Å². The van der Waals surface area contributed by atoms with E-state index in [9.17, 15) is 5.11 Å². The van der Waals surface area contributed by atoms with Crippen LogP contribution >= 0.6 is 11.8 Å². The van der Waals surface area contributed by atoms with Crippen molar-refractivity contribution in [2.45, 2.75) is 6.10 Å². The van der Waals surface area contributed by atoms with Crippen LogP contribution in [0.4, 0.5) is 5.69 Å². The van der Waals surface area contributed by atoms with Gasteiger partial charge in [-0.1, -0.05) is 6.07 Å². The predicted octanol–water partition coefficient (Wildman–Crippen LogP) is 1.39. The van der Waals surface area contributed by atoms with Gasteiger partial charge in [-0.25, -0.2) is 0 Å². The van der Waals surface area contributed by atoms with E-state index in [0.29, 0.717) is 23.8 Å². The van der Waals surface area contributed by atoms with Gasteiger partial charge in [0.25, 0.3) is 0 Å².